The molecule has 1 aliphatic carbocycles. The zero-order valence-corrected chi connectivity index (χ0v) is 12.4. The van der Waals surface area contributed by atoms with Crippen LogP contribution in [0.4, 0.5) is 0 Å². The summed E-state index contributed by atoms with van der Waals surface area (Å²) >= 11 is 0. The van der Waals surface area contributed by atoms with Crippen LogP contribution >= 0.6 is 0 Å². The number of nitrogens with zero attached hydrogens (tertiary/aromatic N) is 1. The van der Waals surface area contributed by atoms with E-state index in [4.69, 9.17) is 9.15 Å². The van der Waals surface area contributed by atoms with Crippen LogP contribution in [-0.4, -0.2) is 12.1 Å². The maximum absolute atomic E-state index is 11.5. The second-order valence-corrected chi connectivity index (χ2v) is 5.20. The molecule has 1 heterocycles. The van der Waals surface area contributed by atoms with Gasteiger partial charge in [0, 0.05) is 11.6 Å². The summed E-state index contributed by atoms with van der Waals surface area (Å²) in [6, 6.07) is 18.4. The Labute approximate surface area is 132 Å². The second kappa shape index (κ2) is 5.25. The van der Waals surface area contributed by atoms with Gasteiger partial charge in [0.25, 0.3) is 0 Å². The van der Waals surface area contributed by atoms with Gasteiger partial charge in [-0.25, -0.2) is 4.98 Å². The molecule has 2 aromatic carbocycles. The first-order valence-corrected chi connectivity index (χ1v) is 7.23. The lowest BCUT2D eigenvalue weighted by atomic mass is 10.0. The van der Waals surface area contributed by atoms with Crippen molar-refractivity contribution in [3.63, 3.8) is 0 Å². The van der Waals surface area contributed by atoms with Crippen LogP contribution in [0, 0.1) is 0 Å². The molecule has 0 bridgehead atoms. The van der Waals surface area contributed by atoms with Gasteiger partial charge in [-0.1, -0.05) is 30.3 Å². The van der Waals surface area contributed by atoms with Crippen molar-refractivity contribution in [2.75, 3.05) is 7.11 Å². The molecular weight excluding hydrogens is 290 g/mol. The van der Waals surface area contributed by atoms with Crippen LogP contribution in [0.2, 0.25) is 0 Å². The Morgan fingerprint density at radius 3 is 2.61 bits per heavy atom. The van der Waals surface area contributed by atoms with E-state index in [1.807, 2.05) is 42.5 Å². The molecule has 0 saturated heterocycles. The van der Waals surface area contributed by atoms with E-state index in [0.717, 1.165) is 11.1 Å². The average molecular weight is 303 g/mol. The molecule has 2 aromatic rings. The monoisotopic (exact) mass is 303 g/mol. The third-order valence-corrected chi connectivity index (χ3v) is 3.76. The lowest BCUT2D eigenvalue weighted by Crippen LogP contribution is -2.00. The zero-order chi connectivity index (χ0) is 15.8. The lowest BCUT2D eigenvalue weighted by molar-refractivity contribution is 0.411. The van der Waals surface area contributed by atoms with Crippen LogP contribution in [0.3, 0.4) is 0 Å². The Kier molecular flexibility index (Phi) is 3.08. The molecule has 0 spiro atoms. The molecule has 0 radical (unpaired) electrons. The van der Waals surface area contributed by atoms with Gasteiger partial charge >= 0.3 is 0 Å². The maximum atomic E-state index is 11.5. The van der Waals surface area contributed by atoms with E-state index in [0.29, 0.717) is 28.3 Å². The smallest absolute Gasteiger partial charge is 0.195 e. The predicted molar refractivity (Wildman–Crippen MR) is 88.9 cm³/mol. The molecule has 0 amide bonds. The largest absolute Gasteiger partial charge is 0.492 e. The number of fused-ring (bicyclic) bond motifs is 2. The van der Waals surface area contributed by atoms with Crippen molar-refractivity contribution in [2.45, 2.75) is 0 Å². The van der Waals surface area contributed by atoms with Gasteiger partial charge in [-0.3, -0.25) is 4.79 Å². The number of benzene rings is 3. The second-order valence-electron chi connectivity index (χ2n) is 5.20. The van der Waals surface area contributed by atoms with Crippen LogP contribution in [0.5, 0.6) is 5.75 Å². The minimum atomic E-state index is -0.111. The first-order valence-electron chi connectivity index (χ1n) is 7.23. The highest BCUT2D eigenvalue weighted by atomic mass is 16.5. The summed E-state index contributed by atoms with van der Waals surface area (Å²) in [5.74, 6) is 1.06. The topological polar surface area (TPSA) is 52.3 Å². The molecule has 0 N–H and O–H groups in total. The molecule has 2 aliphatic rings. The third kappa shape index (κ3) is 2.25. The number of methoxy groups -OCH3 is 1. The van der Waals surface area contributed by atoms with Crippen molar-refractivity contribution in [2.24, 2.45) is 0 Å². The molecule has 4 rings (SSSR count). The fourth-order valence-corrected chi connectivity index (χ4v) is 2.69. The average Bonchev–Trinajstić information content (AvgIpc) is 2.59. The van der Waals surface area contributed by atoms with E-state index in [9.17, 15) is 4.79 Å². The highest BCUT2D eigenvalue weighted by Gasteiger charge is 2.16. The Morgan fingerprint density at radius 1 is 1.00 bits per heavy atom. The van der Waals surface area contributed by atoms with E-state index >= 15 is 0 Å². The van der Waals surface area contributed by atoms with Crippen LogP contribution in [0.25, 0.3) is 33.7 Å². The number of aromatic nitrogens is 1. The molecule has 112 valence electrons. The Hall–Kier alpha value is -3.14. The number of ether oxygens (including phenoxy) is 1. The molecule has 0 atom stereocenters. The van der Waals surface area contributed by atoms with Gasteiger partial charge in [-0.05, 0) is 29.8 Å². The van der Waals surface area contributed by atoms with Crippen LogP contribution in [0.15, 0.2) is 69.9 Å². The zero-order valence-electron chi connectivity index (χ0n) is 12.4. The van der Waals surface area contributed by atoms with E-state index in [1.54, 1.807) is 13.2 Å². The summed E-state index contributed by atoms with van der Waals surface area (Å²) in [4.78, 5) is 16.1. The lowest BCUT2D eigenvalue weighted by Gasteiger charge is -2.13. The number of rotatable bonds is 2. The van der Waals surface area contributed by atoms with Gasteiger partial charge in [-0.2, -0.15) is 0 Å². The summed E-state index contributed by atoms with van der Waals surface area (Å²) in [5, 5.41) is 0. The minimum Gasteiger partial charge on any atom is -0.492 e. The fourth-order valence-electron chi connectivity index (χ4n) is 2.69. The quantitative estimate of drug-likeness (QED) is 0.526. The van der Waals surface area contributed by atoms with Crippen molar-refractivity contribution in [3.05, 3.63) is 70.9 Å². The molecule has 0 unspecified atom stereocenters. The Morgan fingerprint density at radius 2 is 1.83 bits per heavy atom. The summed E-state index contributed by atoms with van der Waals surface area (Å²) in [5.41, 5.74) is 3.70. The Bertz CT molecular complexity index is 1020. The van der Waals surface area contributed by atoms with Gasteiger partial charge in [-0.15, -0.1) is 0 Å². The maximum Gasteiger partial charge on any atom is 0.195 e. The number of hydrogen-bond acceptors (Lipinski definition) is 4. The first kappa shape index (κ1) is 13.5. The molecule has 0 aromatic heterocycles. The predicted octanol–water partition coefficient (Wildman–Crippen LogP) is 3.97. The molecule has 0 saturated carbocycles. The van der Waals surface area contributed by atoms with Crippen molar-refractivity contribution < 1.29 is 9.15 Å². The van der Waals surface area contributed by atoms with E-state index < -0.39 is 0 Å². The molecule has 4 nitrogen and oxygen atoms in total. The molecule has 23 heavy (non-hydrogen) atoms. The van der Waals surface area contributed by atoms with Crippen molar-refractivity contribution >= 4 is 11.1 Å². The molecule has 0 fully saturated rings. The van der Waals surface area contributed by atoms with E-state index in [1.165, 1.54) is 12.1 Å². The highest BCUT2D eigenvalue weighted by molar-refractivity contribution is 5.90. The first-order chi connectivity index (χ1) is 11.3. The van der Waals surface area contributed by atoms with Gasteiger partial charge in [0.2, 0.25) is 0 Å². The van der Waals surface area contributed by atoms with Gasteiger partial charge < -0.3 is 9.15 Å². The van der Waals surface area contributed by atoms with Gasteiger partial charge in [0.05, 0.1) is 7.11 Å². The van der Waals surface area contributed by atoms with Gasteiger partial charge in [0.15, 0.2) is 22.5 Å². The summed E-state index contributed by atoms with van der Waals surface area (Å²) < 4.78 is 11.5. The molecular formula is C19H13NO3. The minimum absolute atomic E-state index is 0.111. The standard InChI is InChI=1S/C19H13NO3/c1-22-18-14(12-5-3-2-4-6-12)8-10-16-19(18)23-17-11-13(21)7-9-15(17)20-16/h2-11H,1H3. The van der Waals surface area contributed by atoms with Crippen molar-refractivity contribution in [1.82, 2.24) is 4.98 Å². The summed E-state index contributed by atoms with van der Waals surface area (Å²) in [7, 11) is 1.60. The van der Waals surface area contributed by atoms with Gasteiger partial charge in [0.1, 0.15) is 11.2 Å². The van der Waals surface area contributed by atoms with E-state index in [2.05, 4.69) is 4.98 Å². The summed E-state index contributed by atoms with van der Waals surface area (Å²) in [6.45, 7) is 0. The normalized spacial score (nSPS) is 11.0. The van der Waals surface area contributed by atoms with Crippen LogP contribution in [0.1, 0.15) is 0 Å². The third-order valence-electron chi connectivity index (χ3n) is 3.76. The molecule has 1 aliphatic heterocycles. The highest BCUT2D eigenvalue weighted by Crippen LogP contribution is 2.38. The van der Waals surface area contributed by atoms with Crippen molar-refractivity contribution in [1.29, 1.82) is 0 Å². The van der Waals surface area contributed by atoms with Crippen LogP contribution < -0.4 is 10.2 Å². The SMILES string of the molecule is COc1c(-c2ccccc2)ccc2nc3ccc(=O)cc-3oc12. The van der Waals surface area contributed by atoms with Crippen molar-refractivity contribution in [3.8, 4) is 28.3 Å². The molecule has 4 heteroatoms. The van der Waals surface area contributed by atoms with Crippen LogP contribution in [-0.2, 0) is 0 Å². The fraction of sp³-hybridized carbons (Fsp3) is 0.0526. The number of hydrogen-bond donors (Lipinski definition) is 0. The Balaban J connectivity index is 2.07. The summed E-state index contributed by atoms with van der Waals surface area (Å²) in [6.07, 6.45) is 0. The van der Waals surface area contributed by atoms with E-state index in [-0.39, 0.29) is 5.43 Å².